The van der Waals surface area contributed by atoms with Crippen LogP contribution < -0.4 is 0 Å². The molecular formula is C19H18N4O2S2. The van der Waals surface area contributed by atoms with E-state index < -0.39 is 9.84 Å². The van der Waals surface area contributed by atoms with Crippen molar-refractivity contribution in [1.82, 2.24) is 19.5 Å². The molecule has 138 valence electrons. The predicted octanol–water partition coefficient (Wildman–Crippen LogP) is 3.86. The van der Waals surface area contributed by atoms with Gasteiger partial charge in [0.1, 0.15) is 5.69 Å². The van der Waals surface area contributed by atoms with Crippen LogP contribution in [0, 0.1) is 6.92 Å². The van der Waals surface area contributed by atoms with Gasteiger partial charge in [-0.15, -0.1) is 0 Å². The van der Waals surface area contributed by atoms with Gasteiger partial charge in [-0.25, -0.2) is 18.4 Å². The van der Waals surface area contributed by atoms with E-state index >= 15 is 0 Å². The first-order chi connectivity index (χ1) is 12.9. The topological polar surface area (TPSA) is 77.7 Å². The summed E-state index contributed by atoms with van der Waals surface area (Å²) in [5.74, 6) is 0.519. The van der Waals surface area contributed by atoms with Crippen molar-refractivity contribution >= 4 is 32.2 Å². The number of aryl methyl sites for hydroxylation is 2. The average Bonchev–Trinajstić information content (AvgIpc) is 3.29. The van der Waals surface area contributed by atoms with Gasteiger partial charge in [0.05, 0.1) is 33.6 Å². The number of hydrogen-bond donors (Lipinski definition) is 0. The summed E-state index contributed by atoms with van der Waals surface area (Å²) >= 11 is 1.57. The first kappa shape index (κ1) is 17.8. The van der Waals surface area contributed by atoms with E-state index in [1.807, 2.05) is 41.4 Å². The van der Waals surface area contributed by atoms with Crippen molar-refractivity contribution in [3.05, 3.63) is 46.9 Å². The summed E-state index contributed by atoms with van der Waals surface area (Å²) in [5.41, 5.74) is 4.51. The van der Waals surface area contributed by atoms with Gasteiger partial charge in [-0.2, -0.15) is 11.3 Å². The third-order valence-corrected chi connectivity index (χ3v) is 6.95. The van der Waals surface area contributed by atoms with Crippen LogP contribution in [0.15, 0.2) is 46.1 Å². The molecule has 0 saturated carbocycles. The quantitative estimate of drug-likeness (QED) is 0.522. The smallest absolute Gasteiger partial charge is 0.180 e. The summed E-state index contributed by atoms with van der Waals surface area (Å²) in [7, 11) is -1.60. The van der Waals surface area contributed by atoms with E-state index in [2.05, 4.69) is 9.97 Å². The summed E-state index contributed by atoms with van der Waals surface area (Å²) in [4.78, 5) is 13.9. The second kappa shape index (κ2) is 6.54. The minimum absolute atomic E-state index is 0.00405. The number of fused-ring (bicyclic) bond motifs is 1. The number of pyridine rings is 2. The molecule has 0 N–H and O–H groups in total. The summed E-state index contributed by atoms with van der Waals surface area (Å²) in [6.45, 7) is 3.53. The minimum Gasteiger partial charge on any atom is -0.324 e. The van der Waals surface area contributed by atoms with Gasteiger partial charge >= 0.3 is 0 Å². The number of sulfone groups is 1. The predicted molar refractivity (Wildman–Crippen MR) is 108 cm³/mol. The SMILES string of the molecule is CCS(=O)(=O)c1ccc(-c2ccsc2)nc1-c1nc2cc(C)ncc2n1C. The fourth-order valence-electron chi connectivity index (χ4n) is 2.99. The zero-order valence-corrected chi connectivity index (χ0v) is 16.8. The van der Waals surface area contributed by atoms with Crippen LogP contribution in [0.3, 0.4) is 0 Å². The second-order valence-corrected chi connectivity index (χ2v) is 9.29. The normalized spacial score (nSPS) is 12.0. The minimum atomic E-state index is -3.45. The molecule has 0 radical (unpaired) electrons. The van der Waals surface area contributed by atoms with Crippen molar-refractivity contribution in [3.8, 4) is 22.8 Å². The molecule has 4 aromatic heterocycles. The van der Waals surface area contributed by atoms with Crippen LogP contribution in [0.25, 0.3) is 33.8 Å². The molecule has 4 aromatic rings. The van der Waals surface area contributed by atoms with E-state index in [1.165, 1.54) is 0 Å². The van der Waals surface area contributed by atoms with E-state index in [0.717, 1.165) is 28.0 Å². The molecule has 0 spiro atoms. The second-order valence-electron chi connectivity index (χ2n) is 6.27. The number of hydrogen-bond acceptors (Lipinski definition) is 6. The monoisotopic (exact) mass is 398 g/mol. The molecule has 0 aliphatic heterocycles. The van der Waals surface area contributed by atoms with Crippen molar-refractivity contribution in [3.63, 3.8) is 0 Å². The molecule has 27 heavy (non-hydrogen) atoms. The molecular weight excluding hydrogens is 380 g/mol. The third kappa shape index (κ3) is 3.04. The van der Waals surface area contributed by atoms with Crippen molar-refractivity contribution < 1.29 is 8.42 Å². The number of aromatic nitrogens is 4. The highest BCUT2D eigenvalue weighted by Crippen LogP contribution is 2.31. The number of nitrogens with zero attached hydrogens (tertiary/aromatic N) is 4. The van der Waals surface area contributed by atoms with Crippen molar-refractivity contribution in [2.24, 2.45) is 7.05 Å². The number of rotatable bonds is 4. The Bertz CT molecular complexity index is 1240. The molecule has 0 atom stereocenters. The van der Waals surface area contributed by atoms with Gasteiger partial charge in [0.2, 0.25) is 0 Å². The van der Waals surface area contributed by atoms with Crippen LogP contribution in [-0.4, -0.2) is 33.7 Å². The van der Waals surface area contributed by atoms with Gasteiger partial charge in [-0.1, -0.05) is 6.92 Å². The maximum absolute atomic E-state index is 12.7. The third-order valence-electron chi connectivity index (χ3n) is 4.51. The van der Waals surface area contributed by atoms with Crippen LogP contribution in [0.5, 0.6) is 0 Å². The Morgan fingerprint density at radius 3 is 2.70 bits per heavy atom. The Morgan fingerprint density at radius 2 is 2.00 bits per heavy atom. The highest BCUT2D eigenvalue weighted by atomic mass is 32.2. The van der Waals surface area contributed by atoms with Crippen LogP contribution in [0.1, 0.15) is 12.6 Å². The molecule has 4 heterocycles. The zero-order valence-electron chi connectivity index (χ0n) is 15.2. The van der Waals surface area contributed by atoms with E-state index in [-0.39, 0.29) is 10.6 Å². The van der Waals surface area contributed by atoms with Crippen molar-refractivity contribution in [2.45, 2.75) is 18.7 Å². The van der Waals surface area contributed by atoms with E-state index in [4.69, 9.17) is 4.98 Å². The van der Waals surface area contributed by atoms with Crippen molar-refractivity contribution in [2.75, 3.05) is 5.75 Å². The Balaban J connectivity index is 2.03. The lowest BCUT2D eigenvalue weighted by atomic mass is 10.2. The summed E-state index contributed by atoms with van der Waals surface area (Å²) in [6, 6.07) is 7.24. The molecule has 8 heteroatoms. The first-order valence-electron chi connectivity index (χ1n) is 8.46. The maximum Gasteiger partial charge on any atom is 0.180 e. The van der Waals surface area contributed by atoms with Gasteiger partial charge in [-0.3, -0.25) is 4.98 Å². The van der Waals surface area contributed by atoms with E-state index in [9.17, 15) is 8.42 Å². The zero-order chi connectivity index (χ0) is 19.2. The van der Waals surface area contributed by atoms with Gasteiger partial charge in [0, 0.05) is 23.7 Å². The molecule has 0 unspecified atom stereocenters. The maximum atomic E-state index is 12.7. The highest BCUT2D eigenvalue weighted by molar-refractivity contribution is 7.91. The molecule has 6 nitrogen and oxygen atoms in total. The van der Waals surface area contributed by atoms with Crippen LogP contribution in [-0.2, 0) is 16.9 Å². The van der Waals surface area contributed by atoms with E-state index in [0.29, 0.717) is 11.5 Å². The number of thiophene rings is 1. The lowest BCUT2D eigenvalue weighted by Crippen LogP contribution is -2.09. The number of imidazole rings is 1. The molecule has 4 rings (SSSR count). The highest BCUT2D eigenvalue weighted by Gasteiger charge is 2.24. The Morgan fingerprint density at radius 1 is 1.19 bits per heavy atom. The standard InChI is InChI=1S/C19H18N4O2S2/c1-4-27(24,25)17-6-5-14(13-7-8-26-11-13)21-18(17)19-22-15-9-12(2)20-10-16(15)23(19)3/h5-11H,4H2,1-3H3. The molecule has 0 aliphatic carbocycles. The molecule has 0 saturated heterocycles. The van der Waals surface area contributed by atoms with Crippen molar-refractivity contribution in [1.29, 1.82) is 0 Å². The lowest BCUT2D eigenvalue weighted by Gasteiger charge is -2.10. The van der Waals surface area contributed by atoms with Gasteiger partial charge in [0.25, 0.3) is 0 Å². The van der Waals surface area contributed by atoms with Gasteiger partial charge < -0.3 is 4.57 Å². The van der Waals surface area contributed by atoms with Crippen LogP contribution in [0.4, 0.5) is 0 Å². The van der Waals surface area contributed by atoms with Crippen LogP contribution >= 0.6 is 11.3 Å². The molecule has 0 fully saturated rings. The Kier molecular flexibility index (Phi) is 4.32. The first-order valence-corrected chi connectivity index (χ1v) is 11.1. The molecule has 0 aromatic carbocycles. The largest absolute Gasteiger partial charge is 0.324 e. The average molecular weight is 399 g/mol. The molecule has 0 amide bonds. The summed E-state index contributed by atoms with van der Waals surface area (Å²) < 4.78 is 27.2. The Labute approximate surface area is 161 Å². The Hall–Kier alpha value is -2.58. The summed E-state index contributed by atoms with van der Waals surface area (Å²) in [6.07, 6.45) is 1.75. The van der Waals surface area contributed by atoms with Gasteiger partial charge in [0.15, 0.2) is 15.7 Å². The lowest BCUT2D eigenvalue weighted by molar-refractivity contribution is 0.597. The molecule has 0 bridgehead atoms. The fourth-order valence-corrected chi connectivity index (χ4v) is 4.65. The van der Waals surface area contributed by atoms with Crippen LogP contribution in [0.2, 0.25) is 0 Å². The van der Waals surface area contributed by atoms with Gasteiger partial charge in [-0.05, 0) is 36.6 Å². The fraction of sp³-hybridized carbons (Fsp3) is 0.211. The van der Waals surface area contributed by atoms with E-state index in [1.54, 1.807) is 36.6 Å². The molecule has 0 aliphatic rings. The summed E-state index contributed by atoms with van der Waals surface area (Å²) in [5, 5.41) is 3.96.